The second kappa shape index (κ2) is 4.87. The molecule has 1 heterocycles. The van der Waals surface area contributed by atoms with Crippen molar-refractivity contribution in [3.8, 4) is 0 Å². The summed E-state index contributed by atoms with van der Waals surface area (Å²) in [7, 11) is 0. The van der Waals surface area contributed by atoms with Gasteiger partial charge in [0.05, 0.1) is 5.69 Å². The minimum atomic E-state index is 0.0432. The molecule has 1 saturated carbocycles. The summed E-state index contributed by atoms with van der Waals surface area (Å²) in [5, 5.41) is 0. The fourth-order valence-corrected chi connectivity index (χ4v) is 2.81. The molecule has 1 N–H and O–H groups in total. The van der Waals surface area contributed by atoms with E-state index in [2.05, 4.69) is 30.7 Å². The van der Waals surface area contributed by atoms with E-state index in [1.807, 2.05) is 6.92 Å². The Labute approximate surface area is 109 Å². The fourth-order valence-electron chi connectivity index (χ4n) is 2.81. The van der Waals surface area contributed by atoms with Crippen LogP contribution in [0.25, 0.3) is 0 Å². The van der Waals surface area contributed by atoms with Gasteiger partial charge < -0.3 is 4.98 Å². The third kappa shape index (κ3) is 2.65. The van der Waals surface area contributed by atoms with Crippen LogP contribution in [-0.2, 0) is 6.42 Å². The molecule has 0 amide bonds. The lowest BCUT2D eigenvalue weighted by atomic mass is 9.73. The average Bonchev–Trinajstić information content (AvgIpc) is 2.32. The third-order valence-corrected chi connectivity index (χ3v) is 4.33. The Bertz CT molecular complexity index is 478. The summed E-state index contributed by atoms with van der Waals surface area (Å²) < 4.78 is 0. The van der Waals surface area contributed by atoms with Crippen molar-refractivity contribution in [1.29, 1.82) is 0 Å². The summed E-state index contributed by atoms with van der Waals surface area (Å²) in [6, 6.07) is 0. The van der Waals surface area contributed by atoms with E-state index in [0.717, 1.165) is 36.3 Å². The predicted molar refractivity (Wildman–Crippen MR) is 74.0 cm³/mol. The van der Waals surface area contributed by atoms with Crippen molar-refractivity contribution in [2.45, 2.75) is 65.7 Å². The van der Waals surface area contributed by atoms with Crippen LogP contribution in [0.3, 0.4) is 0 Å². The zero-order valence-corrected chi connectivity index (χ0v) is 12.0. The highest BCUT2D eigenvalue weighted by Crippen LogP contribution is 2.41. The van der Waals surface area contributed by atoms with Gasteiger partial charge in [-0.1, -0.05) is 20.8 Å². The molecule has 18 heavy (non-hydrogen) atoms. The summed E-state index contributed by atoms with van der Waals surface area (Å²) in [6.45, 7) is 8.57. The Morgan fingerprint density at radius 2 is 1.94 bits per heavy atom. The SMILES string of the molecule is CCc1nc(C2CCC(C)(C)CC2)[nH]c(=O)c1C. The quantitative estimate of drug-likeness (QED) is 0.872. The summed E-state index contributed by atoms with van der Waals surface area (Å²) in [6.07, 6.45) is 5.55. The van der Waals surface area contributed by atoms with Gasteiger partial charge in [-0.25, -0.2) is 4.98 Å². The highest BCUT2D eigenvalue weighted by atomic mass is 16.1. The number of nitrogens with one attached hydrogen (secondary N) is 1. The molecule has 1 aromatic heterocycles. The number of aryl methyl sites for hydroxylation is 1. The summed E-state index contributed by atoms with van der Waals surface area (Å²) in [4.78, 5) is 19.5. The molecule has 0 spiro atoms. The number of aromatic amines is 1. The maximum Gasteiger partial charge on any atom is 0.254 e. The molecule has 1 fully saturated rings. The van der Waals surface area contributed by atoms with Crippen molar-refractivity contribution >= 4 is 0 Å². The van der Waals surface area contributed by atoms with E-state index in [4.69, 9.17) is 0 Å². The van der Waals surface area contributed by atoms with Crippen molar-refractivity contribution in [2.75, 3.05) is 0 Å². The van der Waals surface area contributed by atoms with Gasteiger partial charge in [-0.2, -0.15) is 0 Å². The highest BCUT2D eigenvalue weighted by molar-refractivity contribution is 5.17. The molecule has 0 aliphatic heterocycles. The molecule has 3 heteroatoms. The molecule has 0 bridgehead atoms. The number of rotatable bonds is 2. The van der Waals surface area contributed by atoms with E-state index < -0.39 is 0 Å². The molecule has 100 valence electrons. The summed E-state index contributed by atoms with van der Waals surface area (Å²) in [5.41, 5.74) is 2.23. The zero-order chi connectivity index (χ0) is 13.3. The lowest BCUT2D eigenvalue weighted by Gasteiger charge is -2.33. The van der Waals surface area contributed by atoms with Gasteiger partial charge in [-0.05, 0) is 44.4 Å². The first kappa shape index (κ1) is 13.3. The Balaban J connectivity index is 2.25. The molecule has 0 atom stereocenters. The van der Waals surface area contributed by atoms with Gasteiger partial charge in [0.25, 0.3) is 5.56 Å². The lowest BCUT2D eigenvalue weighted by molar-refractivity contribution is 0.220. The molecule has 1 aliphatic carbocycles. The number of aromatic nitrogens is 2. The monoisotopic (exact) mass is 248 g/mol. The van der Waals surface area contributed by atoms with E-state index >= 15 is 0 Å². The van der Waals surface area contributed by atoms with Crippen LogP contribution in [0, 0.1) is 12.3 Å². The maximum atomic E-state index is 11.9. The predicted octanol–water partition coefficient (Wildman–Crippen LogP) is 3.32. The molecule has 0 saturated heterocycles. The Kier molecular flexibility index (Phi) is 3.60. The van der Waals surface area contributed by atoms with Gasteiger partial charge in [-0.3, -0.25) is 4.79 Å². The van der Waals surface area contributed by atoms with E-state index in [1.54, 1.807) is 0 Å². The van der Waals surface area contributed by atoms with Crippen molar-refractivity contribution in [1.82, 2.24) is 9.97 Å². The minimum Gasteiger partial charge on any atom is -0.310 e. The van der Waals surface area contributed by atoms with Gasteiger partial charge in [0, 0.05) is 11.5 Å². The standard InChI is InChI=1S/C15H24N2O/c1-5-12-10(2)14(18)17-13(16-12)11-6-8-15(3,4)9-7-11/h11H,5-9H2,1-4H3,(H,16,17,18). The molecule has 2 rings (SSSR count). The number of nitrogens with zero attached hydrogens (tertiary/aromatic N) is 1. The topological polar surface area (TPSA) is 45.8 Å². The fraction of sp³-hybridized carbons (Fsp3) is 0.733. The molecule has 0 unspecified atom stereocenters. The van der Waals surface area contributed by atoms with Gasteiger partial charge in [0.2, 0.25) is 0 Å². The molecule has 1 aromatic rings. The van der Waals surface area contributed by atoms with Gasteiger partial charge in [-0.15, -0.1) is 0 Å². The first-order valence-corrected chi connectivity index (χ1v) is 7.02. The minimum absolute atomic E-state index is 0.0432. The highest BCUT2D eigenvalue weighted by Gasteiger charge is 2.29. The van der Waals surface area contributed by atoms with Crippen LogP contribution in [0.4, 0.5) is 0 Å². The molecule has 0 aromatic carbocycles. The van der Waals surface area contributed by atoms with Crippen LogP contribution in [0.5, 0.6) is 0 Å². The van der Waals surface area contributed by atoms with Crippen molar-refractivity contribution in [3.63, 3.8) is 0 Å². The summed E-state index contributed by atoms with van der Waals surface area (Å²) >= 11 is 0. The third-order valence-electron chi connectivity index (χ3n) is 4.33. The van der Waals surface area contributed by atoms with Crippen LogP contribution < -0.4 is 5.56 Å². The normalized spacial score (nSPS) is 20.0. The molecular formula is C15H24N2O. The number of hydrogen-bond acceptors (Lipinski definition) is 2. The van der Waals surface area contributed by atoms with E-state index in [0.29, 0.717) is 11.3 Å². The largest absolute Gasteiger partial charge is 0.310 e. The van der Waals surface area contributed by atoms with Crippen LogP contribution >= 0.6 is 0 Å². The van der Waals surface area contributed by atoms with Crippen molar-refractivity contribution in [3.05, 3.63) is 27.4 Å². The smallest absolute Gasteiger partial charge is 0.254 e. The molecule has 3 nitrogen and oxygen atoms in total. The van der Waals surface area contributed by atoms with E-state index in [-0.39, 0.29) is 5.56 Å². The van der Waals surface area contributed by atoms with Crippen molar-refractivity contribution < 1.29 is 0 Å². The lowest BCUT2D eigenvalue weighted by Crippen LogP contribution is -2.25. The number of hydrogen-bond donors (Lipinski definition) is 1. The Hall–Kier alpha value is -1.12. The van der Waals surface area contributed by atoms with Gasteiger partial charge in [0.15, 0.2) is 0 Å². The van der Waals surface area contributed by atoms with Crippen LogP contribution in [-0.4, -0.2) is 9.97 Å². The van der Waals surface area contributed by atoms with Gasteiger partial charge in [0.1, 0.15) is 5.82 Å². The average molecular weight is 248 g/mol. The number of H-pyrrole nitrogens is 1. The first-order valence-electron chi connectivity index (χ1n) is 7.02. The Morgan fingerprint density at radius 3 is 2.50 bits per heavy atom. The maximum absolute atomic E-state index is 11.9. The summed E-state index contributed by atoms with van der Waals surface area (Å²) in [5.74, 6) is 1.36. The molecule has 0 radical (unpaired) electrons. The van der Waals surface area contributed by atoms with E-state index in [9.17, 15) is 4.79 Å². The second-order valence-corrected chi connectivity index (χ2v) is 6.31. The first-order chi connectivity index (χ1) is 8.43. The van der Waals surface area contributed by atoms with Crippen molar-refractivity contribution in [2.24, 2.45) is 5.41 Å². The van der Waals surface area contributed by atoms with Gasteiger partial charge >= 0.3 is 0 Å². The molecular weight excluding hydrogens is 224 g/mol. The molecule has 1 aliphatic rings. The van der Waals surface area contributed by atoms with E-state index in [1.165, 1.54) is 12.8 Å². The van der Waals surface area contributed by atoms with Crippen LogP contribution in [0.2, 0.25) is 0 Å². The zero-order valence-electron chi connectivity index (χ0n) is 12.0. The van der Waals surface area contributed by atoms with Crippen LogP contribution in [0.15, 0.2) is 4.79 Å². The second-order valence-electron chi connectivity index (χ2n) is 6.31. The van der Waals surface area contributed by atoms with Crippen LogP contribution in [0.1, 0.15) is 69.5 Å². The Morgan fingerprint density at radius 1 is 1.33 bits per heavy atom.